The molecule has 2 N–H and O–H groups in total. The first kappa shape index (κ1) is 10.6. The second-order valence-corrected chi connectivity index (χ2v) is 2.95. The van der Waals surface area contributed by atoms with Gasteiger partial charge in [0.2, 0.25) is 0 Å². The fourth-order valence-corrected chi connectivity index (χ4v) is 1.07. The number of aromatic hydroxyl groups is 1. The minimum atomic E-state index is 0.229. The number of pyridine rings is 1. The Bertz CT molecular complexity index is 363. The maximum absolute atomic E-state index is 9.45. The van der Waals surface area contributed by atoms with E-state index in [2.05, 4.69) is 22.1 Å². The summed E-state index contributed by atoms with van der Waals surface area (Å²) in [5, 5.41) is 12.5. The van der Waals surface area contributed by atoms with Crippen LogP contribution in [0.2, 0.25) is 0 Å². The van der Waals surface area contributed by atoms with Crippen molar-refractivity contribution >= 4 is 0 Å². The van der Waals surface area contributed by atoms with Crippen LogP contribution in [0.3, 0.4) is 0 Å². The highest BCUT2D eigenvalue weighted by Gasteiger charge is 2.01. The molecule has 0 bridgehead atoms. The summed E-state index contributed by atoms with van der Waals surface area (Å²) < 4.78 is 0. The lowest BCUT2D eigenvalue weighted by Crippen LogP contribution is -2.14. The van der Waals surface area contributed by atoms with Crippen molar-refractivity contribution < 1.29 is 5.11 Å². The lowest BCUT2D eigenvalue weighted by molar-refractivity contribution is 0.460. The first-order valence-corrected chi connectivity index (χ1v) is 4.50. The van der Waals surface area contributed by atoms with E-state index in [0.717, 1.165) is 5.69 Å². The predicted molar refractivity (Wildman–Crippen MR) is 55.8 cm³/mol. The van der Waals surface area contributed by atoms with Gasteiger partial charge in [-0.3, -0.25) is 4.98 Å². The molecule has 1 heterocycles. The van der Waals surface area contributed by atoms with E-state index in [1.165, 1.54) is 0 Å². The van der Waals surface area contributed by atoms with Gasteiger partial charge in [0.05, 0.1) is 12.2 Å². The average molecular weight is 190 g/mol. The molecule has 0 saturated carbocycles. The monoisotopic (exact) mass is 190 g/mol. The molecule has 0 aliphatic rings. The van der Waals surface area contributed by atoms with Crippen LogP contribution in [0.4, 0.5) is 0 Å². The van der Waals surface area contributed by atoms with E-state index >= 15 is 0 Å². The third-order valence-electron chi connectivity index (χ3n) is 1.77. The van der Waals surface area contributed by atoms with Gasteiger partial charge in [0.15, 0.2) is 0 Å². The standard InChI is InChI=1S/C11H14N2O/c1-3-4-7-12-8-10-11(14)6-5-9(2)13-10/h5-6,12,14H,7-8H2,1-2H3. The van der Waals surface area contributed by atoms with Gasteiger partial charge in [-0.1, -0.05) is 5.92 Å². The molecule has 0 aliphatic heterocycles. The summed E-state index contributed by atoms with van der Waals surface area (Å²) in [4.78, 5) is 4.21. The van der Waals surface area contributed by atoms with Gasteiger partial charge in [-0.15, -0.1) is 5.92 Å². The van der Waals surface area contributed by atoms with Gasteiger partial charge in [0.25, 0.3) is 0 Å². The molecule has 3 nitrogen and oxygen atoms in total. The van der Waals surface area contributed by atoms with E-state index < -0.39 is 0 Å². The van der Waals surface area contributed by atoms with Crippen LogP contribution in [-0.4, -0.2) is 16.6 Å². The lowest BCUT2D eigenvalue weighted by Gasteiger charge is -2.04. The zero-order chi connectivity index (χ0) is 10.4. The van der Waals surface area contributed by atoms with E-state index in [1.54, 1.807) is 19.1 Å². The first-order valence-electron chi connectivity index (χ1n) is 4.50. The normalized spacial score (nSPS) is 9.29. The lowest BCUT2D eigenvalue weighted by atomic mass is 10.3. The van der Waals surface area contributed by atoms with Crippen LogP contribution in [0.1, 0.15) is 18.3 Å². The fraction of sp³-hybridized carbons (Fsp3) is 0.364. The van der Waals surface area contributed by atoms with E-state index in [1.807, 2.05) is 6.92 Å². The highest BCUT2D eigenvalue weighted by atomic mass is 16.3. The molecule has 0 aromatic carbocycles. The molecule has 0 atom stereocenters. The van der Waals surface area contributed by atoms with Crippen molar-refractivity contribution in [2.45, 2.75) is 20.4 Å². The van der Waals surface area contributed by atoms with Crippen molar-refractivity contribution in [3.05, 3.63) is 23.5 Å². The summed E-state index contributed by atoms with van der Waals surface area (Å²) >= 11 is 0. The van der Waals surface area contributed by atoms with Crippen molar-refractivity contribution in [2.24, 2.45) is 0 Å². The number of hydrogen-bond donors (Lipinski definition) is 2. The Labute approximate surface area is 84.2 Å². The minimum absolute atomic E-state index is 0.229. The molecule has 1 aromatic rings. The second-order valence-electron chi connectivity index (χ2n) is 2.95. The number of hydrogen-bond acceptors (Lipinski definition) is 3. The predicted octanol–water partition coefficient (Wildman–Crippen LogP) is 1.21. The van der Waals surface area contributed by atoms with E-state index in [4.69, 9.17) is 0 Å². The molecule has 1 aromatic heterocycles. The Morgan fingerprint density at radius 3 is 3.00 bits per heavy atom. The minimum Gasteiger partial charge on any atom is -0.506 e. The molecule has 74 valence electrons. The molecule has 14 heavy (non-hydrogen) atoms. The molecule has 0 saturated heterocycles. The van der Waals surface area contributed by atoms with Crippen LogP contribution in [-0.2, 0) is 6.54 Å². The first-order chi connectivity index (χ1) is 6.74. The maximum Gasteiger partial charge on any atom is 0.138 e. The zero-order valence-corrected chi connectivity index (χ0v) is 8.46. The molecule has 1 rings (SSSR count). The summed E-state index contributed by atoms with van der Waals surface area (Å²) in [6, 6.07) is 3.44. The van der Waals surface area contributed by atoms with Gasteiger partial charge in [0, 0.05) is 12.2 Å². The molecule has 0 amide bonds. The number of nitrogens with zero attached hydrogens (tertiary/aromatic N) is 1. The third-order valence-corrected chi connectivity index (χ3v) is 1.77. The van der Waals surface area contributed by atoms with Gasteiger partial charge in [0.1, 0.15) is 5.75 Å². The Hall–Kier alpha value is -1.53. The topological polar surface area (TPSA) is 45.2 Å². The van der Waals surface area contributed by atoms with Gasteiger partial charge >= 0.3 is 0 Å². The Morgan fingerprint density at radius 2 is 2.29 bits per heavy atom. The molecule has 0 spiro atoms. The van der Waals surface area contributed by atoms with E-state index in [9.17, 15) is 5.11 Å². The molecular formula is C11H14N2O. The van der Waals surface area contributed by atoms with Gasteiger partial charge in [-0.2, -0.15) is 0 Å². The summed E-state index contributed by atoms with van der Waals surface area (Å²) in [6.07, 6.45) is 0. The van der Waals surface area contributed by atoms with Gasteiger partial charge in [-0.25, -0.2) is 0 Å². The number of aromatic nitrogens is 1. The van der Waals surface area contributed by atoms with Gasteiger partial charge < -0.3 is 10.4 Å². The molecule has 0 fully saturated rings. The van der Waals surface area contributed by atoms with Crippen molar-refractivity contribution in [3.8, 4) is 17.6 Å². The Balaban J connectivity index is 2.56. The van der Waals surface area contributed by atoms with Gasteiger partial charge in [-0.05, 0) is 26.0 Å². The smallest absolute Gasteiger partial charge is 0.138 e. The largest absolute Gasteiger partial charge is 0.506 e. The molecule has 0 aliphatic carbocycles. The summed E-state index contributed by atoms with van der Waals surface area (Å²) in [5.74, 6) is 5.90. The van der Waals surface area contributed by atoms with Crippen LogP contribution in [0.15, 0.2) is 12.1 Å². The summed E-state index contributed by atoms with van der Waals surface area (Å²) in [5.41, 5.74) is 1.57. The number of nitrogens with one attached hydrogen (secondary N) is 1. The van der Waals surface area contributed by atoms with Crippen LogP contribution in [0.25, 0.3) is 0 Å². The zero-order valence-electron chi connectivity index (χ0n) is 8.46. The average Bonchev–Trinajstić information content (AvgIpc) is 2.18. The summed E-state index contributed by atoms with van der Waals surface area (Å²) in [6.45, 7) is 4.85. The van der Waals surface area contributed by atoms with Crippen LogP contribution in [0, 0.1) is 18.8 Å². The number of aryl methyl sites for hydroxylation is 1. The van der Waals surface area contributed by atoms with Crippen LogP contribution in [0.5, 0.6) is 5.75 Å². The van der Waals surface area contributed by atoms with Crippen molar-refractivity contribution in [1.29, 1.82) is 0 Å². The van der Waals surface area contributed by atoms with Crippen LogP contribution < -0.4 is 5.32 Å². The number of rotatable bonds is 3. The Morgan fingerprint density at radius 1 is 1.50 bits per heavy atom. The van der Waals surface area contributed by atoms with Crippen molar-refractivity contribution in [3.63, 3.8) is 0 Å². The molecule has 0 unspecified atom stereocenters. The molecule has 3 heteroatoms. The second kappa shape index (κ2) is 5.25. The van der Waals surface area contributed by atoms with E-state index in [-0.39, 0.29) is 5.75 Å². The third kappa shape index (κ3) is 3.08. The molecular weight excluding hydrogens is 176 g/mol. The highest BCUT2D eigenvalue weighted by Crippen LogP contribution is 2.13. The quantitative estimate of drug-likeness (QED) is 0.556. The Kier molecular flexibility index (Phi) is 3.96. The fourth-order valence-electron chi connectivity index (χ4n) is 1.07. The van der Waals surface area contributed by atoms with Crippen LogP contribution >= 0.6 is 0 Å². The van der Waals surface area contributed by atoms with E-state index in [0.29, 0.717) is 18.8 Å². The summed E-state index contributed by atoms with van der Waals surface area (Å²) in [7, 11) is 0. The van der Waals surface area contributed by atoms with Crippen molar-refractivity contribution in [1.82, 2.24) is 10.3 Å². The highest BCUT2D eigenvalue weighted by molar-refractivity contribution is 5.27. The molecule has 0 radical (unpaired) electrons. The van der Waals surface area contributed by atoms with Crippen molar-refractivity contribution in [2.75, 3.05) is 6.54 Å². The SMILES string of the molecule is CC#CCNCc1nc(C)ccc1O. The maximum atomic E-state index is 9.45.